The molecule has 0 aromatic heterocycles. The fourth-order valence-corrected chi connectivity index (χ4v) is 9.65. The molecule has 2 aromatic carbocycles. The first-order chi connectivity index (χ1) is 10.4. The van der Waals surface area contributed by atoms with Gasteiger partial charge in [0.05, 0.1) is 0 Å². The van der Waals surface area contributed by atoms with Crippen molar-refractivity contribution in [1.29, 1.82) is 0 Å². The molecular formula is C20H20Pd. The molecule has 0 aliphatic heterocycles. The second-order valence-corrected chi connectivity index (χ2v) is 11.0. The van der Waals surface area contributed by atoms with E-state index in [9.17, 15) is 0 Å². The Kier molecular flexibility index (Phi) is 4.34. The summed E-state index contributed by atoms with van der Waals surface area (Å²) in [5, 5.41) is 0. The maximum absolute atomic E-state index is 4.06. The van der Waals surface area contributed by atoms with E-state index < -0.39 is 15.5 Å². The van der Waals surface area contributed by atoms with E-state index in [1.165, 1.54) is 8.07 Å². The molecular weight excluding hydrogens is 347 g/mol. The van der Waals surface area contributed by atoms with Crippen LogP contribution in [-0.2, 0) is 15.5 Å². The van der Waals surface area contributed by atoms with Crippen LogP contribution in [0, 0.1) is 0 Å². The molecule has 1 aliphatic carbocycles. The SMILES string of the molecule is C=C[CH2][Pd]([C]1=CC=CC1)([c]1ccccc1)[c]1ccccc1. The Bertz CT molecular complexity index is 626. The second kappa shape index (κ2) is 6.39. The van der Waals surface area contributed by atoms with E-state index in [-0.39, 0.29) is 0 Å². The summed E-state index contributed by atoms with van der Waals surface area (Å²) < 4.78 is 4.57. The maximum atomic E-state index is 4.06. The molecule has 0 fully saturated rings. The molecule has 0 bridgehead atoms. The van der Waals surface area contributed by atoms with Crippen LogP contribution in [-0.4, -0.2) is 0 Å². The van der Waals surface area contributed by atoms with Crippen LogP contribution in [0.25, 0.3) is 0 Å². The fourth-order valence-electron chi connectivity index (χ4n) is 2.48. The summed E-state index contributed by atoms with van der Waals surface area (Å²) in [4.78, 5) is 1.06. The molecule has 0 heterocycles. The van der Waals surface area contributed by atoms with Gasteiger partial charge < -0.3 is 0 Å². The summed E-state index contributed by atoms with van der Waals surface area (Å²) in [6, 6.07) is 22.0. The zero-order valence-corrected chi connectivity index (χ0v) is 13.6. The van der Waals surface area contributed by atoms with Gasteiger partial charge in [-0.1, -0.05) is 0 Å². The van der Waals surface area contributed by atoms with Crippen molar-refractivity contribution in [1.82, 2.24) is 0 Å². The van der Waals surface area contributed by atoms with Crippen molar-refractivity contribution in [2.24, 2.45) is 0 Å². The molecule has 0 unspecified atom stereocenters. The first-order valence-electron chi connectivity index (χ1n) is 7.05. The molecule has 21 heavy (non-hydrogen) atoms. The Morgan fingerprint density at radius 3 is 1.90 bits per heavy atom. The van der Waals surface area contributed by atoms with Gasteiger partial charge in [0.1, 0.15) is 0 Å². The molecule has 0 N–H and O–H groups in total. The molecule has 110 valence electrons. The van der Waals surface area contributed by atoms with Crippen LogP contribution >= 0.6 is 0 Å². The minimum absolute atomic E-state index is 1.06. The predicted octanol–water partition coefficient (Wildman–Crippen LogP) is 4.24. The average Bonchev–Trinajstić information content (AvgIpc) is 3.09. The molecule has 0 atom stereocenters. The van der Waals surface area contributed by atoms with E-state index in [4.69, 9.17) is 0 Å². The molecule has 0 saturated carbocycles. The van der Waals surface area contributed by atoms with Crippen LogP contribution in [0.5, 0.6) is 0 Å². The predicted molar refractivity (Wildman–Crippen MR) is 89.0 cm³/mol. The Morgan fingerprint density at radius 2 is 1.48 bits per heavy atom. The van der Waals surface area contributed by atoms with Gasteiger partial charge in [0, 0.05) is 0 Å². The number of benzene rings is 2. The minimum atomic E-state index is -2.08. The van der Waals surface area contributed by atoms with Crippen LogP contribution < -0.4 is 8.07 Å². The number of hydrogen-bond donors (Lipinski definition) is 0. The Hall–Kier alpha value is -1.68. The van der Waals surface area contributed by atoms with E-state index in [0.29, 0.717) is 0 Å². The number of allylic oxidation sites excluding steroid dienone is 5. The third kappa shape index (κ3) is 2.60. The molecule has 0 spiro atoms. The van der Waals surface area contributed by atoms with E-state index in [1.807, 2.05) is 0 Å². The van der Waals surface area contributed by atoms with E-state index >= 15 is 0 Å². The van der Waals surface area contributed by atoms with E-state index in [1.54, 1.807) is 4.05 Å². The van der Waals surface area contributed by atoms with Crippen LogP contribution in [0.3, 0.4) is 0 Å². The summed E-state index contributed by atoms with van der Waals surface area (Å²) in [5.74, 6) is 0. The molecule has 1 heteroatoms. The number of hydrogen-bond acceptors (Lipinski definition) is 0. The second-order valence-electron chi connectivity index (χ2n) is 4.72. The first-order valence-corrected chi connectivity index (χ1v) is 10.5. The van der Waals surface area contributed by atoms with Gasteiger partial charge in [0.25, 0.3) is 0 Å². The van der Waals surface area contributed by atoms with Gasteiger partial charge in [-0.25, -0.2) is 0 Å². The zero-order chi connectivity index (χ0) is 14.5. The normalized spacial score (nSPS) is 14.8. The number of rotatable bonds is 5. The van der Waals surface area contributed by atoms with Gasteiger partial charge in [0.2, 0.25) is 0 Å². The van der Waals surface area contributed by atoms with Crippen LogP contribution in [0.15, 0.2) is 95.6 Å². The first kappa shape index (κ1) is 14.3. The molecule has 0 amide bonds. The van der Waals surface area contributed by atoms with Crippen molar-refractivity contribution in [3.8, 4) is 0 Å². The van der Waals surface area contributed by atoms with Crippen molar-refractivity contribution >= 4 is 8.07 Å². The summed E-state index contributed by atoms with van der Waals surface area (Å²) >= 11 is -2.08. The molecule has 3 rings (SSSR count). The third-order valence-electron chi connectivity index (χ3n) is 3.38. The van der Waals surface area contributed by atoms with Crippen molar-refractivity contribution in [2.75, 3.05) is 0 Å². The van der Waals surface area contributed by atoms with Crippen LogP contribution in [0.1, 0.15) is 6.42 Å². The van der Waals surface area contributed by atoms with E-state index in [0.717, 1.165) is 11.3 Å². The van der Waals surface area contributed by atoms with Gasteiger partial charge in [-0.3, -0.25) is 0 Å². The summed E-state index contributed by atoms with van der Waals surface area (Å²) in [6.45, 7) is 4.06. The molecule has 0 radical (unpaired) electrons. The van der Waals surface area contributed by atoms with E-state index in [2.05, 4.69) is 91.5 Å². The van der Waals surface area contributed by atoms with Crippen LogP contribution in [0.2, 0.25) is 4.89 Å². The van der Waals surface area contributed by atoms with Crippen molar-refractivity contribution < 1.29 is 15.5 Å². The van der Waals surface area contributed by atoms with Gasteiger partial charge in [-0.05, 0) is 0 Å². The summed E-state index contributed by atoms with van der Waals surface area (Å²) in [5.41, 5.74) is 0. The Balaban J connectivity index is 2.24. The van der Waals surface area contributed by atoms with Crippen molar-refractivity contribution in [3.05, 3.63) is 95.6 Å². The summed E-state index contributed by atoms with van der Waals surface area (Å²) in [7, 11) is 0. The topological polar surface area (TPSA) is 0 Å². The van der Waals surface area contributed by atoms with Gasteiger partial charge in [-0.2, -0.15) is 0 Å². The van der Waals surface area contributed by atoms with Gasteiger partial charge in [-0.15, -0.1) is 0 Å². The standard InChI is InChI=1S/2C6H5.C5H5.C3H5.Pd/c2*1-2-4-6-5-3-1;1-2-4-5-3-1;1-3-2;/h2*1-5H;1-3H,4H2;3H,1-2H2;. The summed E-state index contributed by atoms with van der Waals surface area (Å²) in [6.07, 6.45) is 10.00. The fraction of sp³-hybridized carbons (Fsp3) is 0.100. The average molecular weight is 367 g/mol. The molecule has 0 saturated heterocycles. The molecule has 0 nitrogen and oxygen atoms in total. The zero-order valence-electron chi connectivity index (χ0n) is 12.0. The van der Waals surface area contributed by atoms with Crippen LogP contribution in [0.4, 0.5) is 0 Å². The van der Waals surface area contributed by atoms with Gasteiger partial charge in [0.15, 0.2) is 0 Å². The molecule has 1 aliphatic rings. The monoisotopic (exact) mass is 366 g/mol. The van der Waals surface area contributed by atoms with Crippen molar-refractivity contribution in [2.45, 2.75) is 11.3 Å². The third-order valence-corrected chi connectivity index (χ3v) is 11.2. The quantitative estimate of drug-likeness (QED) is 0.548. The van der Waals surface area contributed by atoms with Crippen molar-refractivity contribution in [3.63, 3.8) is 0 Å². The Morgan fingerprint density at radius 1 is 0.905 bits per heavy atom. The van der Waals surface area contributed by atoms with Gasteiger partial charge >= 0.3 is 131 Å². The molecule has 2 aromatic rings. The Labute approximate surface area is 130 Å².